The first-order chi connectivity index (χ1) is 9.65. The third-order valence-electron chi connectivity index (χ3n) is 3.37. The zero-order valence-corrected chi connectivity index (χ0v) is 12.2. The van der Waals surface area contributed by atoms with Gasteiger partial charge < -0.3 is 4.74 Å². The van der Waals surface area contributed by atoms with Gasteiger partial charge in [-0.05, 0) is 47.3 Å². The molecule has 1 atom stereocenters. The fourth-order valence-corrected chi connectivity index (χ4v) is 2.63. The number of rotatable bonds is 2. The minimum atomic E-state index is -0.497. The highest BCUT2D eigenvalue weighted by Gasteiger charge is 2.18. The van der Waals surface area contributed by atoms with Gasteiger partial charge in [-0.3, -0.25) is 0 Å². The molecule has 1 aromatic heterocycles. The van der Waals surface area contributed by atoms with Crippen LogP contribution >= 0.6 is 15.9 Å². The van der Waals surface area contributed by atoms with Gasteiger partial charge in [-0.1, -0.05) is 0 Å². The summed E-state index contributed by atoms with van der Waals surface area (Å²) in [6.45, 7) is 0.709. The molecule has 6 heteroatoms. The molecule has 1 saturated heterocycles. The van der Waals surface area contributed by atoms with Crippen molar-refractivity contribution in [3.8, 4) is 11.1 Å². The van der Waals surface area contributed by atoms with Crippen molar-refractivity contribution in [3.05, 3.63) is 40.6 Å². The molecule has 0 amide bonds. The second-order valence-electron chi connectivity index (χ2n) is 4.78. The van der Waals surface area contributed by atoms with E-state index in [0.717, 1.165) is 25.3 Å². The van der Waals surface area contributed by atoms with Crippen molar-refractivity contribution in [2.45, 2.75) is 25.5 Å². The lowest BCUT2D eigenvalue weighted by molar-refractivity contribution is -0.0394. The van der Waals surface area contributed by atoms with E-state index in [-0.39, 0.29) is 16.3 Å². The third-order valence-corrected chi connectivity index (χ3v) is 3.98. The van der Waals surface area contributed by atoms with Crippen molar-refractivity contribution in [1.82, 2.24) is 9.78 Å². The van der Waals surface area contributed by atoms with Gasteiger partial charge in [-0.15, -0.1) is 0 Å². The zero-order chi connectivity index (χ0) is 14.1. The van der Waals surface area contributed by atoms with Crippen LogP contribution in [0.25, 0.3) is 11.1 Å². The van der Waals surface area contributed by atoms with E-state index in [9.17, 15) is 8.78 Å². The molecule has 0 saturated carbocycles. The quantitative estimate of drug-likeness (QED) is 0.761. The summed E-state index contributed by atoms with van der Waals surface area (Å²) < 4.78 is 34.8. The molecular formula is C14H13BrF2N2O. The molecule has 1 aromatic carbocycles. The van der Waals surface area contributed by atoms with Gasteiger partial charge in [-0.25, -0.2) is 13.5 Å². The first-order valence-electron chi connectivity index (χ1n) is 6.46. The van der Waals surface area contributed by atoms with E-state index < -0.39 is 11.6 Å². The summed E-state index contributed by atoms with van der Waals surface area (Å²) in [5, 5.41) is 4.20. The summed E-state index contributed by atoms with van der Waals surface area (Å²) in [4.78, 5) is 0. The Hall–Kier alpha value is -1.27. The predicted octanol–water partition coefficient (Wildman–Crippen LogP) is 4.29. The summed E-state index contributed by atoms with van der Waals surface area (Å²) in [5.74, 6) is -0.981. The highest BCUT2D eigenvalue weighted by atomic mass is 79.9. The average Bonchev–Trinajstić information content (AvgIpc) is 2.93. The Balaban J connectivity index is 1.91. The van der Waals surface area contributed by atoms with Crippen molar-refractivity contribution in [3.63, 3.8) is 0 Å². The number of ether oxygens (including phenoxy) is 1. The molecule has 0 radical (unpaired) electrons. The molecule has 1 fully saturated rings. The smallest absolute Gasteiger partial charge is 0.150 e. The Kier molecular flexibility index (Phi) is 3.85. The summed E-state index contributed by atoms with van der Waals surface area (Å²) in [5.41, 5.74) is 0.746. The number of aromatic nitrogens is 2. The van der Waals surface area contributed by atoms with Gasteiger partial charge >= 0.3 is 0 Å². The van der Waals surface area contributed by atoms with Gasteiger partial charge in [0, 0.05) is 23.9 Å². The van der Waals surface area contributed by atoms with Crippen molar-refractivity contribution in [2.24, 2.45) is 0 Å². The molecule has 3 nitrogen and oxygen atoms in total. The van der Waals surface area contributed by atoms with Gasteiger partial charge in [0.25, 0.3) is 0 Å². The van der Waals surface area contributed by atoms with Crippen LogP contribution < -0.4 is 0 Å². The molecule has 0 N–H and O–H groups in total. The topological polar surface area (TPSA) is 27.1 Å². The average molecular weight is 343 g/mol. The van der Waals surface area contributed by atoms with E-state index in [1.54, 1.807) is 10.9 Å². The predicted molar refractivity (Wildman–Crippen MR) is 74.1 cm³/mol. The van der Waals surface area contributed by atoms with E-state index in [0.29, 0.717) is 12.2 Å². The van der Waals surface area contributed by atoms with Crippen LogP contribution in [0.2, 0.25) is 0 Å². The highest BCUT2D eigenvalue weighted by Crippen LogP contribution is 2.29. The van der Waals surface area contributed by atoms with E-state index >= 15 is 0 Å². The molecule has 2 heterocycles. The fraction of sp³-hybridized carbons (Fsp3) is 0.357. The Morgan fingerprint density at radius 3 is 2.85 bits per heavy atom. The van der Waals surface area contributed by atoms with Crippen LogP contribution in [0.4, 0.5) is 8.78 Å². The molecule has 0 aliphatic carbocycles. The lowest BCUT2D eigenvalue weighted by Gasteiger charge is -2.22. The van der Waals surface area contributed by atoms with Crippen molar-refractivity contribution >= 4 is 15.9 Å². The van der Waals surface area contributed by atoms with Gasteiger partial charge in [0.2, 0.25) is 0 Å². The molecule has 20 heavy (non-hydrogen) atoms. The summed E-state index contributed by atoms with van der Waals surface area (Å²) in [7, 11) is 0. The van der Waals surface area contributed by atoms with Gasteiger partial charge in [0.05, 0.1) is 10.7 Å². The Bertz CT molecular complexity index is 624. The third kappa shape index (κ3) is 2.62. The van der Waals surface area contributed by atoms with E-state index in [1.165, 1.54) is 12.3 Å². The molecule has 1 aliphatic rings. The standard InChI is InChI=1S/C14H13BrF2N2O/c15-11-6-12(16)10(5-13(11)17)9-7-18-19(8-9)14-3-1-2-4-20-14/h5-8,14H,1-4H2. The molecule has 0 bridgehead atoms. The SMILES string of the molecule is Fc1cc(-c2cnn(C3CCCCO3)c2)c(F)cc1Br. The normalized spacial score (nSPS) is 19.2. The van der Waals surface area contributed by atoms with Crippen molar-refractivity contribution in [1.29, 1.82) is 0 Å². The first kappa shape index (κ1) is 13.7. The van der Waals surface area contributed by atoms with Crippen molar-refractivity contribution < 1.29 is 13.5 Å². The second kappa shape index (κ2) is 5.61. The van der Waals surface area contributed by atoms with Gasteiger partial charge in [-0.2, -0.15) is 5.10 Å². The minimum absolute atomic E-state index is 0.110. The maximum Gasteiger partial charge on any atom is 0.150 e. The molecule has 2 aromatic rings. The second-order valence-corrected chi connectivity index (χ2v) is 5.63. The summed E-state index contributed by atoms with van der Waals surface area (Å²) >= 11 is 2.96. The maximum atomic E-state index is 13.9. The lowest BCUT2D eigenvalue weighted by atomic mass is 10.1. The molecule has 106 valence electrons. The van der Waals surface area contributed by atoms with E-state index in [2.05, 4.69) is 21.0 Å². The van der Waals surface area contributed by atoms with E-state index in [4.69, 9.17) is 4.74 Å². The monoisotopic (exact) mass is 342 g/mol. The first-order valence-corrected chi connectivity index (χ1v) is 7.25. The Labute approximate surface area is 123 Å². The maximum absolute atomic E-state index is 13.9. The van der Waals surface area contributed by atoms with Crippen LogP contribution in [-0.2, 0) is 4.74 Å². The van der Waals surface area contributed by atoms with Crippen LogP contribution in [0.3, 0.4) is 0 Å². The summed E-state index contributed by atoms with van der Waals surface area (Å²) in [6.07, 6.45) is 6.14. The molecule has 0 spiro atoms. The largest absolute Gasteiger partial charge is 0.357 e. The molecule has 1 unspecified atom stereocenters. The number of benzene rings is 1. The van der Waals surface area contributed by atoms with Gasteiger partial charge in [0.1, 0.15) is 17.9 Å². The molecule has 1 aliphatic heterocycles. The number of nitrogens with zero attached hydrogens (tertiary/aromatic N) is 2. The Morgan fingerprint density at radius 2 is 2.10 bits per heavy atom. The minimum Gasteiger partial charge on any atom is -0.357 e. The Morgan fingerprint density at radius 1 is 1.25 bits per heavy atom. The fourth-order valence-electron chi connectivity index (χ4n) is 2.31. The molecule has 3 rings (SSSR count). The van der Waals surface area contributed by atoms with Gasteiger partial charge in [0.15, 0.2) is 0 Å². The van der Waals surface area contributed by atoms with E-state index in [1.807, 2.05) is 0 Å². The number of hydrogen-bond donors (Lipinski definition) is 0. The van der Waals surface area contributed by atoms with Crippen LogP contribution in [0.5, 0.6) is 0 Å². The lowest BCUT2D eigenvalue weighted by Crippen LogP contribution is -2.18. The van der Waals surface area contributed by atoms with Crippen LogP contribution in [0.1, 0.15) is 25.5 Å². The number of hydrogen-bond acceptors (Lipinski definition) is 2. The molecular weight excluding hydrogens is 330 g/mol. The zero-order valence-electron chi connectivity index (χ0n) is 10.7. The number of halogens is 3. The van der Waals surface area contributed by atoms with Crippen LogP contribution in [-0.4, -0.2) is 16.4 Å². The highest BCUT2D eigenvalue weighted by molar-refractivity contribution is 9.10. The summed E-state index contributed by atoms with van der Waals surface area (Å²) in [6, 6.07) is 2.29. The van der Waals surface area contributed by atoms with Crippen molar-refractivity contribution in [2.75, 3.05) is 6.61 Å². The van der Waals surface area contributed by atoms with Crippen LogP contribution in [0, 0.1) is 11.6 Å². The van der Waals surface area contributed by atoms with Crippen LogP contribution in [0.15, 0.2) is 29.0 Å².